The van der Waals surface area contributed by atoms with Crippen LogP contribution in [-0.4, -0.2) is 47.9 Å². The van der Waals surface area contributed by atoms with Crippen molar-refractivity contribution in [1.82, 2.24) is 10.2 Å². The molecule has 0 heterocycles. The van der Waals surface area contributed by atoms with Crippen molar-refractivity contribution in [3.63, 3.8) is 0 Å². The molecule has 0 aromatic heterocycles. The van der Waals surface area contributed by atoms with Gasteiger partial charge in [0, 0.05) is 19.5 Å². The molecule has 0 unspecified atom stereocenters. The molecule has 1 rings (SSSR count). The smallest absolute Gasteiger partial charge is 0.306 e. The monoisotopic (exact) mass is 298 g/mol. The van der Waals surface area contributed by atoms with Crippen molar-refractivity contribution in [2.24, 2.45) is 17.8 Å². The minimum atomic E-state index is -0.776. The summed E-state index contributed by atoms with van der Waals surface area (Å²) in [5.41, 5.74) is 0. The Kier molecular flexibility index (Phi) is 6.65. The van der Waals surface area contributed by atoms with Crippen LogP contribution in [-0.2, 0) is 14.4 Å². The lowest BCUT2D eigenvalue weighted by Gasteiger charge is -2.28. The first-order chi connectivity index (χ1) is 9.81. The zero-order chi connectivity index (χ0) is 16.0. The molecular formula is C15H26N2O4. The second kappa shape index (κ2) is 8.00. The zero-order valence-electron chi connectivity index (χ0n) is 13.1. The van der Waals surface area contributed by atoms with E-state index in [2.05, 4.69) is 5.32 Å². The summed E-state index contributed by atoms with van der Waals surface area (Å²) in [6.45, 7) is 4.68. The van der Waals surface area contributed by atoms with Crippen LogP contribution in [0.25, 0.3) is 0 Å². The third-order valence-corrected chi connectivity index (χ3v) is 3.89. The highest BCUT2D eigenvalue weighted by molar-refractivity contribution is 5.85. The first-order valence-electron chi connectivity index (χ1n) is 7.55. The molecule has 1 aliphatic carbocycles. The summed E-state index contributed by atoms with van der Waals surface area (Å²) in [7, 11) is 1.63. The Morgan fingerprint density at radius 2 is 1.67 bits per heavy atom. The molecule has 0 bridgehead atoms. The quantitative estimate of drug-likeness (QED) is 0.769. The van der Waals surface area contributed by atoms with E-state index >= 15 is 0 Å². The molecular weight excluding hydrogens is 272 g/mol. The third kappa shape index (κ3) is 5.73. The fourth-order valence-corrected chi connectivity index (χ4v) is 2.57. The van der Waals surface area contributed by atoms with Crippen LogP contribution in [0.4, 0.5) is 0 Å². The van der Waals surface area contributed by atoms with Crippen LogP contribution in [0.5, 0.6) is 0 Å². The van der Waals surface area contributed by atoms with Gasteiger partial charge in [0.1, 0.15) is 0 Å². The van der Waals surface area contributed by atoms with Gasteiger partial charge in [-0.2, -0.15) is 0 Å². The van der Waals surface area contributed by atoms with Crippen LogP contribution in [0.1, 0.15) is 39.5 Å². The lowest BCUT2D eigenvalue weighted by atomic mass is 9.81. The van der Waals surface area contributed by atoms with E-state index in [9.17, 15) is 14.4 Å². The van der Waals surface area contributed by atoms with Gasteiger partial charge in [0.05, 0.1) is 12.5 Å². The lowest BCUT2D eigenvalue weighted by molar-refractivity contribution is -0.145. The highest BCUT2D eigenvalue weighted by Gasteiger charge is 2.31. The normalized spacial score (nSPS) is 21.9. The molecule has 0 radical (unpaired) electrons. The molecule has 0 aromatic rings. The standard InChI is InChI=1S/C15H26N2O4/c1-10(2)8-16-13(18)9-17(3)14(19)11-4-6-12(7-5-11)15(20)21/h10-12H,4-9H2,1-3H3,(H,16,18)(H,20,21). The van der Waals surface area contributed by atoms with E-state index in [1.54, 1.807) is 7.05 Å². The van der Waals surface area contributed by atoms with E-state index < -0.39 is 5.97 Å². The van der Waals surface area contributed by atoms with Crippen molar-refractivity contribution >= 4 is 17.8 Å². The number of rotatable bonds is 6. The summed E-state index contributed by atoms with van der Waals surface area (Å²) < 4.78 is 0. The first kappa shape index (κ1) is 17.5. The van der Waals surface area contributed by atoms with Crippen LogP contribution in [0.15, 0.2) is 0 Å². The number of carbonyl (C=O) groups is 3. The molecule has 2 amide bonds. The third-order valence-electron chi connectivity index (χ3n) is 3.89. The van der Waals surface area contributed by atoms with Crippen molar-refractivity contribution in [2.75, 3.05) is 20.1 Å². The maximum atomic E-state index is 12.2. The SMILES string of the molecule is CC(C)CNC(=O)CN(C)C(=O)C1CCC(C(=O)O)CC1. The maximum absolute atomic E-state index is 12.2. The molecule has 6 nitrogen and oxygen atoms in total. The van der Waals surface area contributed by atoms with Crippen LogP contribution in [0.3, 0.4) is 0 Å². The second-order valence-corrected chi connectivity index (χ2v) is 6.28. The first-order valence-corrected chi connectivity index (χ1v) is 7.55. The van der Waals surface area contributed by atoms with Crippen LogP contribution in [0.2, 0.25) is 0 Å². The predicted octanol–water partition coefficient (Wildman–Crippen LogP) is 1.11. The topological polar surface area (TPSA) is 86.7 Å². The number of carboxylic acid groups (broad SMARTS) is 1. The predicted molar refractivity (Wildman–Crippen MR) is 78.6 cm³/mol. The van der Waals surface area contributed by atoms with E-state index in [1.165, 1.54) is 4.90 Å². The summed E-state index contributed by atoms with van der Waals surface area (Å²) in [5.74, 6) is -1.09. The average molecular weight is 298 g/mol. The Bertz CT molecular complexity index is 387. The van der Waals surface area contributed by atoms with Gasteiger partial charge in [0.2, 0.25) is 11.8 Å². The fraction of sp³-hybridized carbons (Fsp3) is 0.800. The molecule has 1 saturated carbocycles. The number of nitrogens with zero attached hydrogens (tertiary/aromatic N) is 1. The van der Waals surface area contributed by atoms with Crippen LogP contribution in [0, 0.1) is 17.8 Å². The van der Waals surface area contributed by atoms with Gasteiger partial charge in [-0.05, 0) is 31.6 Å². The summed E-state index contributed by atoms with van der Waals surface area (Å²) in [6, 6.07) is 0. The maximum Gasteiger partial charge on any atom is 0.306 e. The van der Waals surface area contributed by atoms with Crippen molar-refractivity contribution < 1.29 is 19.5 Å². The summed E-state index contributed by atoms with van der Waals surface area (Å²) in [4.78, 5) is 36.3. The molecule has 0 spiro atoms. The largest absolute Gasteiger partial charge is 0.481 e. The number of hydrogen-bond acceptors (Lipinski definition) is 3. The Hall–Kier alpha value is -1.59. The molecule has 1 aliphatic rings. The Morgan fingerprint density at radius 3 is 2.14 bits per heavy atom. The number of carbonyl (C=O) groups excluding carboxylic acids is 2. The van der Waals surface area contributed by atoms with Gasteiger partial charge in [-0.3, -0.25) is 14.4 Å². The average Bonchev–Trinajstić information content (AvgIpc) is 2.44. The number of hydrogen-bond donors (Lipinski definition) is 2. The van der Waals surface area contributed by atoms with E-state index in [-0.39, 0.29) is 30.2 Å². The molecule has 2 N–H and O–H groups in total. The van der Waals surface area contributed by atoms with Gasteiger partial charge < -0.3 is 15.3 Å². The molecule has 120 valence electrons. The fourth-order valence-electron chi connectivity index (χ4n) is 2.57. The highest BCUT2D eigenvalue weighted by Crippen LogP contribution is 2.29. The molecule has 6 heteroatoms. The summed E-state index contributed by atoms with van der Waals surface area (Å²) in [6.07, 6.45) is 2.26. The van der Waals surface area contributed by atoms with Crippen LogP contribution >= 0.6 is 0 Å². The number of likely N-dealkylation sites (N-methyl/N-ethyl adjacent to an activating group) is 1. The Morgan fingerprint density at radius 1 is 1.14 bits per heavy atom. The second-order valence-electron chi connectivity index (χ2n) is 6.28. The number of carboxylic acids is 1. The van der Waals surface area contributed by atoms with Crippen LogP contribution < -0.4 is 5.32 Å². The van der Waals surface area contributed by atoms with E-state index in [1.807, 2.05) is 13.8 Å². The molecule has 0 aliphatic heterocycles. The van der Waals surface area contributed by atoms with E-state index in [0.29, 0.717) is 38.1 Å². The van der Waals surface area contributed by atoms with Gasteiger partial charge in [-0.1, -0.05) is 13.8 Å². The minimum absolute atomic E-state index is 0.0569. The summed E-state index contributed by atoms with van der Waals surface area (Å²) >= 11 is 0. The van der Waals surface area contributed by atoms with E-state index in [0.717, 1.165) is 0 Å². The van der Waals surface area contributed by atoms with E-state index in [4.69, 9.17) is 5.11 Å². The molecule has 0 aromatic carbocycles. The number of amides is 2. The van der Waals surface area contributed by atoms with Crippen molar-refractivity contribution in [3.05, 3.63) is 0 Å². The van der Waals surface area contributed by atoms with Crippen molar-refractivity contribution in [3.8, 4) is 0 Å². The van der Waals surface area contributed by atoms with Crippen molar-refractivity contribution in [2.45, 2.75) is 39.5 Å². The van der Waals surface area contributed by atoms with Gasteiger partial charge in [0.25, 0.3) is 0 Å². The lowest BCUT2D eigenvalue weighted by Crippen LogP contribution is -2.42. The van der Waals surface area contributed by atoms with Gasteiger partial charge in [-0.15, -0.1) is 0 Å². The van der Waals surface area contributed by atoms with Gasteiger partial charge in [-0.25, -0.2) is 0 Å². The summed E-state index contributed by atoms with van der Waals surface area (Å²) in [5, 5.41) is 11.7. The minimum Gasteiger partial charge on any atom is -0.481 e. The zero-order valence-corrected chi connectivity index (χ0v) is 13.1. The molecule has 1 fully saturated rings. The van der Waals surface area contributed by atoms with Crippen molar-refractivity contribution in [1.29, 1.82) is 0 Å². The Balaban J connectivity index is 2.38. The highest BCUT2D eigenvalue weighted by atomic mass is 16.4. The number of nitrogens with one attached hydrogen (secondary N) is 1. The molecule has 0 atom stereocenters. The molecule has 0 saturated heterocycles. The van der Waals surface area contributed by atoms with Gasteiger partial charge in [0.15, 0.2) is 0 Å². The Labute approximate surface area is 125 Å². The van der Waals surface area contributed by atoms with Gasteiger partial charge >= 0.3 is 5.97 Å². The molecule has 21 heavy (non-hydrogen) atoms. The number of aliphatic carboxylic acids is 1.